The Kier molecular flexibility index (Phi) is 8.96. The molecule has 0 fully saturated rings. The van der Waals surface area contributed by atoms with Crippen molar-refractivity contribution in [3.63, 3.8) is 0 Å². The van der Waals surface area contributed by atoms with Crippen LogP contribution in [0.5, 0.6) is 5.75 Å². The standard InChI is InChI=1S/C21H23F3N4O2.HI/c1-25-20(26-10-11-30-16-8-6-15(7-9-16)21(22,23)24)27-13-14-12-19(29)28-18-5-3-2-4-17(14)18;/h2-9,14H,10-13H2,1H3,(H,28,29)(H2,25,26,27);1H. The summed E-state index contributed by atoms with van der Waals surface area (Å²) in [5.74, 6) is 0.914. The molecule has 0 saturated heterocycles. The average Bonchev–Trinajstić information content (AvgIpc) is 2.72. The number of para-hydroxylation sites is 1. The summed E-state index contributed by atoms with van der Waals surface area (Å²) in [5, 5.41) is 9.15. The molecule has 10 heteroatoms. The number of fused-ring (bicyclic) bond motifs is 1. The molecule has 1 amide bonds. The third-order valence-electron chi connectivity index (χ3n) is 4.69. The molecule has 6 nitrogen and oxygen atoms in total. The highest BCUT2D eigenvalue weighted by Gasteiger charge is 2.30. The van der Waals surface area contributed by atoms with Crippen molar-refractivity contribution in [3.8, 4) is 5.75 Å². The smallest absolute Gasteiger partial charge is 0.416 e. The number of nitrogens with zero attached hydrogens (tertiary/aromatic N) is 1. The summed E-state index contributed by atoms with van der Waals surface area (Å²) in [6.45, 7) is 1.19. The molecule has 0 bridgehead atoms. The second kappa shape index (κ2) is 11.2. The van der Waals surface area contributed by atoms with Gasteiger partial charge >= 0.3 is 6.18 Å². The molecule has 0 aliphatic carbocycles. The van der Waals surface area contributed by atoms with Crippen LogP contribution in [0.2, 0.25) is 0 Å². The zero-order valence-corrected chi connectivity index (χ0v) is 19.2. The number of carbonyl (C=O) groups excluding carboxylic acids is 1. The molecule has 31 heavy (non-hydrogen) atoms. The molecule has 1 unspecified atom stereocenters. The van der Waals surface area contributed by atoms with Gasteiger partial charge in [0, 0.05) is 31.6 Å². The maximum absolute atomic E-state index is 12.6. The third-order valence-corrected chi connectivity index (χ3v) is 4.69. The number of halogens is 4. The maximum Gasteiger partial charge on any atom is 0.416 e. The lowest BCUT2D eigenvalue weighted by molar-refractivity contribution is -0.137. The van der Waals surface area contributed by atoms with E-state index in [2.05, 4.69) is 20.9 Å². The number of hydrogen-bond acceptors (Lipinski definition) is 3. The first kappa shape index (κ1) is 24.8. The van der Waals surface area contributed by atoms with Crippen LogP contribution in [0.15, 0.2) is 53.5 Å². The number of amides is 1. The summed E-state index contributed by atoms with van der Waals surface area (Å²) in [7, 11) is 1.63. The Hall–Kier alpha value is -2.50. The van der Waals surface area contributed by atoms with E-state index in [9.17, 15) is 18.0 Å². The Morgan fingerprint density at radius 2 is 1.87 bits per heavy atom. The fourth-order valence-corrected chi connectivity index (χ4v) is 3.20. The highest BCUT2D eigenvalue weighted by atomic mass is 127. The van der Waals surface area contributed by atoms with Crippen LogP contribution in [0.3, 0.4) is 0 Å². The molecule has 0 saturated carbocycles. The normalized spacial score (nSPS) is 15.9. The molecule has 3 N–H and O–H groups in total. The number of anilines is 1. The molecule has 1 atom stereocenters. The number of rotatable bonds is 6. The SMILES string of the molecule is CN=C(NCCOc1ccc(C(F)(F)F)cc1)NCC1CC(=O)Nc2ccccc21.I. The van der Waals surface area contributed by atoms with Gasteiger partial charge in [-0.3, -0.25) is 9.79 Å². The van der Waals surface area contributed by atoms with Crippen LogP contribution in [0.1, 0.15) is 23.5 Å². The second-order valence-corrected chi connectivity index (χ2v) is 6.79. The van der Waals surface area contributed by atoms with Gasteiger partial charge in [-0.05, 0) is 35.9 Å². The number of benzene rings is 2. The molecule has 0 spiro atoms. The summed E-state index contributed by atoms with van der Waals surface area (Å²) >= 11 is 0. The van der Waals surface area contributed by atoms with E-state index in [0.717, 1.165) is 23.4 Å². The molecule has 0 radical (unpaired) electrons. The average molecular weight is 548 g/mol. The molecular weight excluding hydrogens is 524 g/mol. The largest absolute Gasteiger partial charge is 0.492 e. The molecule has 2 aromatic carbocycles. The van der Waals surface area contributed by atoms with Crippen molar-refractivity contribution < 1.29 is 22.7 Å². The Balaban J connectivity index is 0.00000341. The van der Waals surface area contributed by atoms with Gasteiger partial charge in [-0.15, -0.1) is 24.0 Å². The minimum Gasteiger partial charge on any atom is -0.492 e. The van der Waals surface area contributed by atoms with Crippen LogP contribution in [-0.2, 0) is 11.0 Å². The summed E-state index contributed by atoms with van der Waals surface area (Å²) in [4.78, 5) is 16.1. The first-order chi connectivity index (χ1) is 14.4. The van der Waals surface area contributed by atoms with E-state index >= 15 is 0 Å². The Morgan fingerprint density at radius 1 is 1.16 bits per heavy atom. The van der Waals surface area contributed by atoms with Crippen molar-refractivity contribution in [1.29, 1.82) is 0 Å². The highest BCUT2D eigenvalue weighted by molar-refractivity contribution is 14.0. The monoisotopic (exact) mass is 548 g/mol. The lowest BCUT2D eigenvalue weighted by atomic mass is 9.90. The van der Waals surface area contributed by atoms with E-state index in [1.165, 1.54) is 12.1 Å². The number of carbonyl (C=O) groups is 1. The van der Waals surface area contributed by atoms with Crippen LogP contribution in [0.4, 0.5) is 18.9 Å². The van der Waals surface area contributed by atoms with Gasteiger partial charge in [0.15, 0.2) is 5.96 Å². The molecule has 3 rings (SSSR count). The molecular formula is C21H24F3IN4O2. The third kappa shape index (κ3) is 7.01. The molecule has 1 heterocycles. The quantitative estimate of drug-likeness (QED) is 0.221. The van der Waals surface area contributed by atoms with E-state index in [-0.39, 0.29) is 42.4 Å². The van der Waals surface area contributed by atoms with Crippen molar-refractivity contribution in [1.82, 2.24) is 10.6 Å². The lowest BCUT2D eigenvalue weighted by Crippen LogP contribution is -2.42. The van der Waals surface area contributed by atoms with Crippen LogP contribution in [-0.4, -0.2) is 38.6 Å². The Bertz CT molecular complexity index is 904. The maximum atomic E-state index is 12.6. The fraction of sp³-hybridized carbons (Fsp3) is 0.333. The van der Waals surface area contributed by atoms with Crippen molar-refractivity contribution in [2.75, 3.05) is 32.1 Å². The van der Waals surface area contributed by atoms with Crippen molar-refractivity contribution in [2.24, 2.45) is 4.99 Å². The van der Waals surface area contributed by atoms with Crippen molar-refractivity contribution in [3.05, 3.63) is 59.7 Å². The van der Waals surface area contributed by atoms with Gasteiger partial charge < -0.3 is 20.7 Å². The lowest BCUT2D eigenvalue weighted by Gasteiger charge is -2.26. The van der Waals surface area contributed by atoms with Crippen molar-refractivity contribution in [2.45, 2.75) is 18.5 Å². The zero-order chi connectivity index (χ0) is 21.6. The minimum absolute atomic E-state index is 0. The van der Waals surface area contributed by atoms with Crippen LogP contribution >= 0.6 is 24.0 Å². The van der Waals surface area contributed by atoms with E-state index in [4.69, 9.17) is 4.74 Å². The van der Waals surface area contributed by atoms with Gasteiger partial charge in [-0.25, -0.2) is 0 Å². The predicted octanol–water partition coefficient (Wildman–Crippen LogP) is 3.99. The summed E-state index contributed by atoms with van der Waals surface area (Å²) in [5.41, 5.74) is 1.19. The molecule has 2 aromatic rings. The van der Waals surface area contributed by atoms with Crippen LogP contribution < -0.4 is 20.7 Å². The highest BCUT2D eigenvalue weighted by Crippen LogP contribution is 2.31. The zero-order valence-electron chi connectivity index (χ0n) is 16.8. The fourth-order valence-electron chi connectivity index (χ4n) is 3.20. The second-order valence-electron chi connectivity index (χ2n) is 6.79. The Morgan fingerprint density at radius 3 is 2.55 bits per heavy atom. The van der Waals surface area contributed by atoms with E-state index < -0.39 is 11.7 Å². The minimum atomic E-state index is -4.36. The van der Waals surface area contributed by atoms with Gasteiger partial charge in [0.05, 0.1) is 12.1 Å². The molecule has 0 aromatic heterocycles. The first-order valence-corrected chi connectivity index (χ1v) is 9.50. The number of aliphatic imine (C=N–C) groups is 1. The van der Waals surface area contributed by atoms with Gasteiger partial charge in [-0.1, -0.05) is 18.2 Å². The van der Waals surface area contributed by atoms with Gasteiger partial charge in [-0.2, -0.15) is 13.2 Å². The van der Waals surface area contributed by atoms with Gasteiger partial charge in [0.2, 0.25) is 5.91 Å². The first-order valence-electron chi connectivity index (χ1n) is 9.50. The van der Waals surface area contributed by atoms with E-state index in [0.29, 0.717) is 31.2 Å². The number of nitrogens with one attached hydrogen (secondary N) is 3. The van der Waals surface area contributed by atoms with Crippen LogP contribution in [0, 0.1) is 0 Å². The molecule has 168 valence electrons. The summed E-state index contributed by atoms with van der Waals surface area (Å²) in [6, 6.07) is 12.3. The van der Waals surface area contributed by atoms with E-state index in [1.807, 2.05) is 24.3 Å². The van der Waals surface area contributed by atoms with Crippen molar-refractivity contribution >= 4 is 41.5 Å². The molecule has 1 aliphatic heterocycles. The summed E-state index contributed by atoms with van der Waals surface area (Å²) < 4.78 is 43.2. The van der Waals surface area contributed by atoms with E-state index in [1.54, 1.807) is 7.05 Å². The number of alkyl halides is 3. The van der Waals surface area contributed by atoms with Gasteiger partial charge in [0.25, 0.3) is 0 Å². The van der Waals surface area contributed by atoms with Gasteiger partial charge in [0.1, 0.15) is 12.4 Å². The number of guanidine groups is 1. The topological polar surface area (TPSA) is 74.8 Å². The molecule has 1 aliphatic rings. The van der Waals surface area contributed by atoms with Crippen LogP contribution in [0.25, 0.3) is 0 Å². The number of ether oxygens (including phenoxy) is 1. The summed E-state index contributed by atoms with van der Waals surface area (Å²) in [6.07, 6.45) is -3.98. The Labute approximate surface area is 195 Å². The number of hydrogen-bond donors (Lipinski definition) is 3. The predicted molar refractivity (Wildman–Crippen MR) is 124 cm³/mol.